The summed E-state index contributed by atoms with van der Waals surface area (Å²) in [5.41, 5.74) is 14.9. The second-order valence-electron chi connectivity index (χ2n) is 13.3. The highest BCUT2D eigenvalue weighted by atomic mass is 14.9. The van der Waals surface area contributed by atoms with Crippen molar-refractivity contribution < 1.29 is 0 Å². The molecule has 0 saturated carbocycles. The summed E-state index contributed by atoms with van der Waals surface area (Å²) in [7, 11) is 0. The van der Waals surface area contributed by atoms with Crippen LogP contribution in [0.25, 0.3) is 33.8 Å². The van der Waals surface area contributed by atoms with E-state index in [2.05, 4.69) is 164 Å². The van der Waals surface area contributed by atoms with Crippen molar-refractivity contribution in [2.45, 2.75) is 38.6 Å². The molecular formula is C48H41N3. The molecule has 1 unspecified atom stereocenters. The van der Waals surface area contributed by atoms with Gasteiger partial charge in [-0.1, -0.05) is 158 Å². The average Bonchev–Trinajstić information content (AvgIpc) is 3.22. The first-order valence-corrected chi connectivity index (χ1v) is 17.9. The van der Waals surface area contributed by atoms with Crippen molar-refractivity contribution in [1.29, 1.82) is 0 Å². The van der Waals surface area contributed by atoms with Crippen LogP contribution in [0.3, 0.4) is 0 Å². The minimum atomic E-state index is -0.00250. The fourth-order valence-electron chi connectivity index (χ4n) is 7.09. The molecule has 0 fully saturated rings. The molecular weight excluding hydrogens is 619 g/mol. The number of fused-ring (bicyclic) bond motifs is 3. The number of rotatable bonds is 8. The molecule has 0 radical (unpaired) electrons. The van der Waals surface area contributed by atoms with E-state index in [1.54, 1.807) is 0 Å². The highest BCUT2D eigenvalue weighted by Gasteiger charge is 2.20. The maximum atomic E-state index is 5.53. The zero-order chi connectivity index (χ0) is 34.6. The summed E-state index contributed by atoms with van der Waals surface area (Å²) < 4.78 is 0. The summed E-state index contributed by atoms with van der Waals surface area (Å²) in [6.45, 7) is 6.82. The predicted molar refractivity (Wildman–Crippen MR) is 217 cm³/mol. The lowest BCUT2D eigenvalue weighted by Crippen LogP contribution is -2.13. The lowest BCUT2D eigenvalue weighted by Gasteiger charge is -2.24. The van der Waals surface area contributed by atoms with Crippen LogP contribution in [-0.4, -0.2) is 10.7 Å². The SMILES string of the molecule is C=C(C(=N/C(C1=CCCC=C1)=C(\C)C1=CCCC=C1)c1ccc(C2C=Cc3ccc4ccc(-c5ccccc5)nc4c3N2)cc1)c1ccccc1. The fourth-order valence-corrected chi connectivity index (χ4v) is 7.09. The van der Waals surface area contributed by atoms with Gasteiger partial charge in [0.05, 0.1) is 34.3 Å². The second-order valence-corrected chi connectivity index (χ2v) is 13.3. The number of nitrogens with zero attached hydrogens (tertiary/aromatic N) is 2. The summed E-state index contributed by atoms with van der Waals surface area (Å²) in [6.07, 6.45) is 22.3. The number of aliphatic imine (C=N–C) groups is 1. The summed E-state index contributed by atoms with van der Waals surface area (Å²) in [5.74, 6) is 0. The molecule has 1 aliphatic heterocycles. The van der Waals surface area contributed by atoms with E-state index in [1.165, 1.54) is 22.3 Å². The first-order chi connectivity index (χ1) is 25.1. The molecule has 51 heavy (non-hydrogen) atoms. The highest BCUT2D eigenvalue weighted by molar-refractivity contribution is 6.31. The first kappa shape index (κ1) is 32.2. The van der Waals surface area contributed by atoms with Crippen LogP contribution in [0, 0.1) is 0 Å². The van der Waals surface area contributed by atoms with E-state index >= 15 is 0 Å². The number of anilines is 1. The zero-order valence-corrected chi connectivity index (χ0v) is 29.0. The molecule has 3 heteroatoms. The zero-order valence-electron chi connectivity index (χ0n) is 29.0. The maximum absolute atomic E-state index is 5.53. The van der Waals surface area contributed by atoms with E-state index in [0.717, 1.165) is 87.2 Å². The number of nitrogens with one attached hydrogen (secondary N) is 1. The molecule has 2 aliphatic carbocycles. The fraction of sp³-hybridized carbons (Fsp3) is 0.125. The monoisotopic (exact) mass is 659 g/mol. The van der Waals surface area contributed by atoms with Crippen LogP contribution in [0.1, 0.15) is 60.9 Å². The van der Waals surface area contributed by atoms with Crippen molar-refractivity contribution >= 4 is 34.0 Å². The first-order valence-electron chi connectivity index (χ1n) is 17.9. The van der Waals surface area contributed by atoms with E-state index in [1.807, 2.05) is 12.1 Å². The van der Waals surface area contributed by atoms with Crippen molar-refractivity contribution in [2.24, 2.45) is 4.99 Å². The van der Waals surface area contributed by atoms with Crippen molar-refractivity contribution in [1.82, 2.24) is 4.98 Å². The molecule has 248 valence electrons. The predicted octanol–water partition coefficient (Wildman–Crippen LogP) is 12.4. The Morgan fingerprint density at radius 3 is 2.10 bits per heavy atom. The van der Waals surface area contributed by atoms with Gasteiger partial charge in [-0.05, 0) is 72.1 Å². The number of benzene rings is 4. The molecule has 2 heterocycles. The van der Waals surface area contributed by atoms with Gasteiger partial charge in [0.25, 0.3) is 0 Å². The van der Waals surface area contributed by atoms with Gasteiger partial charge in [-0.3, -0.25) is 0 Å². The molecule has 8 rings (SSSR count). The van der Waals surface area contributed by atoms with Crippen molar-refractivity contribution in [3.8, 4) is 11.3 Å². The standard InChI is InChI=1S/C48H41N3/c1-33(35-15-7-3-8-16-35)45(39-21-13-6-14-22-39)51-46(34(2)36-17-9-4-10-18-36)40-25-23-38(24-26-40)44-32-30-42-28-27-41-29-31-43(37-19-11-5-12-20-37)49-47(41)48(42)50-44/h4-5,7,9-13,15-32,44,50H,2-3,6,8,14H2,1H3/b45-33+,51-46?. The van der Waals surface area contributed by atoms with Gasteiger partial charge in [-0.15, -0.1) is 0 Å². The van der Waals surface area contributed by atoms with E-state index in [4.69, 9.17) is 9.98 Å². The van der Waals surface area contributed by atoms with Crippen LogP contribution < -0.4 is 5.32 Å². The summed E-state index contributed by atoms with van der Waals surface area (Å²) >= 11 is 0. The van der Waals surface area contributed by atoms with Gasteiger partial charge in [-0.2, -0.15) is 0 Å². The normalized spacial score (nSPS) is 17.3. The molecule has 0 saturated heterocycles. The molecule has 5 aromatic rings. The van der Waals surface area contributed by atoms with Gasteiger partial charge < -0.3 is 5.32 Å². The van der Waals surface area contributed by atoms with Crippen LogP contribution in [0.15, 0.2) is 186 Å². The maximum Gasteiger partial charge on any atom is 0.0947 e. The van der Waals surface area contributed by atoms with Crippen LogP contribution in [0.4, 0.5) is 5.69 Å². The lowest BCUT2D eigenvalue weighted by molar-refractivity contribution is 0.980. The summed E-state index contributed by atoms with van der Waals surface area (Å²) in [5, 5.41) is 4.94. The van der Waals surface area contributed by atoms with Crippen molar-refractivity contribution in [3.05, 3.63) is 203 Å². The van der Waals surface area contributed by atoms with Crippen LogP contribution in [-0.2, 0) is 0 Å². The lowest BCUT2D eigenvalue weighted by atomic mass is 9.92. The number of allylic oxidation sites excluding steroid dienone is 9. The van der Waals surface area contributed by atoms with Crippen molar-refractivity contribution in [2.75, 3.05) is 5.32 Å². The third kappa shape index (κ3) is 6.76. The van der Waals surface area contributed by atoms with Crippen LogP contribution >= 0.6 is 0 Å². The van der Waals surface area contributed by atoms with E-state index < -0.39 is 0 Å². The number of hydrogen-bond acceptors (Lipinski definition) is 3. The highest BCUT2D eigenvalue weighted by Crippen LogP contribution is 2.37. The Kier molecular flexibility index (Phi) is 9.10. The van der Waals surface area contributed by atoms with Gasteiger partial charge in [0, 0.05) is 22.1 Å². The molecule has 4 aromatic carbocycles. The molecule has 0 spiro atoms. The molecule has 3 nitrogen and oxygen atoms in total. The minimum absolute atomic E-state index is 0.00250. The Morgan fingerprint density at radius 2 is 1.39 bits per heavy atom. The third-order valence-corrected chi connectivity index (χ3v) is 9.96. The van der Waals surface area contributed by atoms with Gasteiger partial charge in [-0.25, -0.2) is 9.98 Å². The van der Waals surface area contributed by atoms with E-state index in [9.17, 15) is 0 Å². The van der Waals surface area contributed by atoms with E-state index in [-0.39, 0.29) is 6.04 Å². The Balaban J connectivity index is 1.17. The van der Waals surface area contributed by atoms with Gasteiger partial charge in [0.1, 0.15) is 0 Å². The van der Waals surface area contributed by atoms with Crippen LogP contribution in [0.5, 0.6) is 0 Å². The molecule has 3 aliphatic rings. The Hall–Kier alpha value is -6.06. The molecule has 0 bridgehead atoms. The quantitative estimate of drug-likeness (QED) is 0.168. The molecule has 1 N–H and O–H groups in total. The van der Waals surface area contributed by atoms with Gasteiger partial charge in [0.15, 0.2) is 0 Å². The minimum Gasteiger partial charge on any atom is -0.372 e. The van der Waals surface area contributed by atoms with Gasteiger partial charge in [0.2, 0.25) is 0 Å². The van der Waals surface area contributed by atoms with Gasteiger partial charge >= 0.3 is 0 Å². The average molecular weight is 660 g/mol. The summed E-state index contributed by atoms with van der Waals surface area (Å²) in [4.78, 5) is 10.7. The van der Waals surface area contributed by atoms with Crippen molar-refractivity contribution in [3.63, 3.8) is 0 Å². The van der Waals surface area contributed by atoms with Crippen LogP contribution in [0.2, 0.25) is 0 Å². The topological polar surface area (TPSA) is 37.3 Å². The molecule has 1 aromatic heterocycles. The third-order valence-electron chi connectivity index (χ3n) is 9.96. The molecule has 0 amide bonds. The smallest absolute Gasteiger partial charge is 0.0947 e. The second kappa shape index (κ2) is 14.4. The largest absolute Gasteiger partial charge is 0.372 e. The molecule has 1 atom stereocenters. The summed E-state index contributed by atoms with van der Waals surface area (Å²) in [6, 6.07) is 38.2. The number of aromatic nitrogens is 1. The Labute approximate surface area is 301 Å². The number of hydrogen-bond donors (Lipinski definition) is 1. The Morgan fingerprint density at radius 1 is 0.706 bits per heavy atom. The Bertz CT molecular complexity index is 2330. The van der Waals surface area contributed by atoms with E-state index in [0.29, 0.717) is 0 Å². The number of pyridine rings is 1.